The Balaban J connectivity index is 1.97. The number of aromatic nitrogens is 2. The highest BCUT2D eigenvalue weighted by atomic mass is 16.5. The van der Waals surface area contributed by atoms with Gasteiger partial charge in [-0.05, 0) is 38.3 Å². The molecule has 5 heteroatoms. The topological polar surface area (TPSA) is 47.4 Å². The Kier molecular flexibility index (Phi) is 4.48. The highest BCUT2D eigenvalue weighted by Crippen LogP contribution is 2.28. The Morgan fingerprint density at radius 1 is 1.35 bits per heavy atom. The first kappa shape index (κ1) is 15.7. The van der Waals surface area contributed by atoms with E-state index in [0.717, 1.165) is 30.5 Å². The Hall–Kier alpha value is -2.14. The fourth-order valence-electron chi connectivity index (χ4n) is 3.11. The summed E-state index contributed by atoms with van der Waals surface area (Å²) in [4.78, 5) is 14.6. The molecule has 1 aromatic carbocycles. The SMILES string of the molecule is COC[C@H](C)N(C)C(=O)c1nn(-c2ccccc2)c2c1CCC2. The summed E-state index contributed by atoms with van der Waals surface area (Å²) in [5.41, 5.74) is 3.88. The molecule has 0 bridgehead atoms. The van der Waals surface area contributed by atoms with Gasteiger partial charge in [-0.2, -0.15) is 5.10 Å². The first-order valence-corrected chi connectivity index (χ1v) is 8.05. The number of rotatable bonds is 5. The zero-order valence-corrected chi connectivity index (χ0v) is 14.0. The lowest BCUT2D eigenvalue weighted by molar-refractivity contribution is 0.0626. The van der Waals surface area contributed by atoms with Crippen molar-refractivity contribution in [3.63, 3.8) is 0 Å². The number of likely N-dealkylation sites (N-methyl/N-ethyl adjacent to an activating group) is 1. The van der Waals surface area contributed by atoms with Gasteiger partial charge >= 0.3 is 0 Å². The Bertz CT molecular complexity index is 694. The number of hydrogen-bond donors (Lipinski definition) is 0. The van der Waals surface area contributed by atoms with Crippen LogP contribution in [0.3, 0.4) is 0 Å². The molecule has 0 fully saturated rings. The van der Waals surface area contributed by atoms with Gasteiger partial charge in [-0.3, -0.25) is 4.79 Å². The minimum absolute atomic E-state index is 0.0198. The zero-order chi connectivity index (χ0) is 16.4. The van der Waals surface area contributed by atoms with E-state index in [-0.39, 0.29) is 11.9 Å². The number of para-hydroxylation sites is 1. The number of carbonyl (C=O) groups excluding carboxylic acids is 1. The molecule has 0 N–H and O–H groups in total. The van der Waals surface area contributed by atoms with Crippen LogP contribution in [0.15, 0.2) is 30.3 Å². The molecule has 0 aliphatic heterocycles. The van der Waals surface area contributed by atoms with Crippen LogP contribution in [0.4, 0.5) is 0 Å². The molecule has 122 valence electrons. The van der Waals surface area contributed by atoms with Crippen LogP contribution in [0.5, 0.6) is 0 Å². The summed E-state index contributed by atoms with van der Waals surface area (Å²) in [7, 11) is 3.46. The van der Waals surface area contributed by atoms with Gasteiger partial charge in [0.15, 0.2) is 5.69 Å². The van der Waals surface area contributed by atoms with Gasteiger partial charge in [0, 0.05) is 25.4 Å². The van der Waals surface area contributed by atoms with Crippen LogP contribution in [-0.4, -0.2) is 47.4 Å². The van der Waals surface area contributed by atoms with Gasteiger partial charge in [-0.25, -0.2) is 4.68 Å². The monoisotopic (exact) mass is 313 g/mol. The number of fused-ring (bicyclic) bond motifs is 1. The third kappa shape index (κ3) is 2.88. The molecule has 1 aliphatic carbocycles. The van der Waals surface area contributed by atoms with Crippen LogP contribution in [0.1, 0.15) is 35.1 Å². The Labute approximate surface area is 136 Å². The van der Waals surface area contributed by atoms with Gasteiger partial charge in [-0.1, -0.05) is 18.2 Å². The molecular weight excluding hydrogens is 290 g/mol. The van der Waals surface area contributed by atoms with Crippen molar-refractivity contribution in [2.45, 2.75) is 32.2 Å². The van der Waals surface area contributed by atoms with E-state index in [0.29, 0.717) is 12.3 Å². The molecule has 0 radical (unpaired) electrons. The number of ether oxygens (including phenoxy) is 1. The van der Waals surface area contributed by atoms with Crippen LogP contribution >= 0.6 is 0 Å². The minimum Gasteiger partial charge on any atom is -0.383 e. The lowest BCUT2D eigenvalue weighted by Crippen LogP contribution is -2.38. The summed E-state index contributed by atoms with van der Waals surface area (Å²) < 4.78 is 7.09. The van der Waals surface area contributed by atoms with Crippen LogP contribution in [0.2, 0.25) is 0 Å². The summed E-state index contributed by atoms with van der Waals surface area (Å²) >= 11 is 0. The van der Waals surface area contributed by atoms with Gasteiger partial charge in [0.05, 0.1) is 18.3 Å². The predicted octanol–water partition coefficient (Wildman–Crippen LogP) is 2.47. The van der Waals surface area contributed by atoms with E-state index in [1.54, 1.807) is 12.0 Å². The highest BCUT2D eigenvalue weighted by molar-refractivity contribution is 5.94. The molecule has 0 unspecified atom stereocenters. The summed E-state index contributed by atoms with van der Waals surface area (Å²) in [6, 6.07) is 10.0. The Morgan fingerprint density at radius 2 is 2.09 bits per heavy atom. The van der Waals surface area contributed by atoms with Crippen molar-refractivity contribution in [1.82, 2.24) is 14.7 Å². The van der Waals surface area contributed by atoms with Crippen LogP contribution in [0, 0.1) is 0 Å². The maximum absolute atomic E-state index is 12.9. The molecule has 23 heavy (non-hydrogen) atoms. The fourth-order valence-corrected chi connectivity index (χ4v) is 3.11. The molecule has 3 rings (SSSR count). The van der Waals surface area contributed by atoms with Crippen molar-refractivity contribution >= 4 is 5.91 Å². The number of methoxy groups -OCH3 is 1. The molecule has 1 amide bonds. The van der Waals surface area contributed by atoms with E-state index in [1.165, 1.54) is 5.69 Å². The van der Waals surface area contributed by atoms with Gasteiger partial charge in [0.25, 0.3) is 5.91 Å². The number of amides is 1. The largest absolute Gasteiger partial charge is 0.383 e. The van der Waals surface area contributed by atoms with Crippen molar-refractivity contribution in [2.75, 3.05) is 20.8 Å². The second-order valence-corrected chi connectivity index (χ2v) is 6.10. The van der Waals surface area contributed by atoms with Crippen molar-refractivity contribution in [3.05, 3.63) is 47.3 Å². The molecule has 1 aromatic heterocycles. The smallest absolute Gasteiger partial charge is 0.274 e. The van der Waals surface area contributed by atoms with E-state index >= 15 is 0 Å². The molecule has 1 atom stereocenters. The average Bonchev–Trinajstić information content (AvgIpc) is 3.16. The second kappa shape index (κ2) is 6.54. The predicted molar refractivity (Wildman–Crippen MR) is 89.0 cm³/mol. The van der Waals surface area contributed by atoms with Gasteiger partial charge in [0.1, 0.15) is 0 Å². The molecular formula is C18H23N3O2. The fraction of sp³-hybridized carbons (Fsp3) is 0.444. The van der Waals surface area contributed by atoms with Crippen molar-refractivity contribution < 1.29 is 9.53 Å². The standard InChI is InChI=1S/C18H23N3O2/c1-13(12-23-3)20(2)18(22)17-15-10-7-11-16(15)21(19-17)14-8-5-4-6-9-14/h4-6,8-9,13H,7,10-12H2,1-3H3/t13-/m0/s1. The maximum Gasteiger partial charge on any atom is 0.274 e. The summed E-state index contributed by atoms with van der Waals surface area (Å²) in [5.74, 6) is -0.0256. The van der Waals surface area contributed by atoms with Crippen LogP contribution < -0.4 is 0 Å². The molecule has 0 saturated carbocycles. The quantitative estimate of drug-likeness (QED) is 0.852. The Morgan fingerprint density at radius 3 is 2.78 bits per heavy atom. The van der Waals surface area contributed by atoms with Gasteiger partial charge < -0.3 is 9.64 Å². The molecule has 2 aromatic rings. The number of benzene rings is 1. The molecule has 1 heterocycles. The average molecular weight is 313 g/mol. The first-order chi connectivity index (χ1) is 11.1. The van der Waals surface area contributed by atoms with Crippen molar-refractivity contribution in [1.29, 1.82) is 0 Å². The minimum atomic E-state index is -0.0256. The van der Waals surface area contributed by atoms with E-state index in [2.05, 4.69) is 5.10 Å². The number of nitrogens with zero attached hydrogens (tertiary/aromatic N) is 3. The molecule has 5 nitrogen and oxygen atoms in total. The molecule has 0 saturated heterocycles. The highest BCUT2D eigenvalue weighted by Gasteiger charge is 2.29. The van der Waals surface area contributed by atoms with Gasteiger partial charge in [-0.15, -0.1) is 0 Å². The van der Waals surface area contributed by atoms with Gasteiger partial charge in [0.2, 0.25) is 0 Å². The lowest BCUT2D eigenvalue weighted by Gasteiger charge is -2.23. The summed E-state index contributed by atoms with van der Waals surface area (Å²) in [5, 5.41) is 4.65. The van der Waals surface area contributed by atoms with Crippen LogP contribution in [0.25, 0.3) is 5.69 Å². The summed E-state index contributed by atoms with van der Waals surface area (Å²) in [6.45, 7) is 2.50. The third-order valence-corrected chi connectivity index (χ3v) is 4.52. The van der Waals surface area contributed by atoms with Crippen molar-refractivity contribution in [3.8, 4) is 5.69 Å². The first-order valence-electron chi connectivity index (χ1n) is 8.05. The normalized spacial score (nSPS) is 14.6. The lowest BCUT2D eigenvalue weighted by atomic mass is 10.1. The molecule has 0 spiro atoms. The third-order valence-electron chi connectivity index (χ3n) is 4.52. The molecule has 1 aliphatic rings. The zero-order valence-electron chi connectivity index (χ0n) is 14.0. The van der Waals surface area contributed by atoms with E-state index in [9.17, 15) is 4.79 Å². The summed E-state index contributed by atoms with van der Waals surface area (Å²) in [6.07, 6.45) is 2.98. The van der Waals surface area contributed by atoms with E-state index in [1.807, 2.05) is 49.0 Å². The van der Waals surface area contributed by atoms with E-state index < -0.39 is 0 Å². The van der Waals surface area contributed by atoms with E-state index in [4.69, 9.17) is 4.74 Å². The second-order valence-electron chi connectivity index (χ2n) is 6.10. The number of carbonyl (C=O) groups is 1. The van der Waals surface area contributed by atoms with Crippen molar-refractivity contribution in [2.24, 2.45) is 0 Å². The number of hydrogen-bond acceptors (Lipinski definition) is 3. The van der Waals surface area contributed by atoms with Crippen LogP contribution in [-0.2, 0) is 17.6 Å². The maximum atomic E-state index is 12.9.